The Morgan fingerprint density at radius 2 is 1.80 bits per heavy atom. The first-order valence-corrected chi connectivity index (χ1v) is 7.43. The highest BCUT2D eigenvalue weighted by Crippen LogP contribution is 2.19. The van der Waals surface area contributed by atoms with Gasteiger partial charge in [-0.2, -0.15) is 0 Å². The van der Waals surface area contributed by atoms with E-state index < -0.39 is 0 Å². The van der Waals surface area contributed by atoms with Crippen LogP contribution in [0, 0.1) is 3.57 Å². The fourth-order valence-corrected chi connectivity index (χ4v) is 2.59. The molecular formula is C17H12INO. The Labute approximate surface area is 131 Å². The molecule has 0 saturated carbocycles. The van der Waals surface area contributed by atoms with Crippen molar-refractivity contribution in [3.05, 3.63) is 75.5 Å². The topological polar surface area (TPSA) is 30.0 Å². The minimum atomic E-state index is 0.129. The zero-order valence-corrected chi connectivity index (χ0v) is 12.9. The quantitative estimate of drug-likeness (QED) is 0.507. The van der Waals surface area contributed by atoms with Gasteiger partial charge in [-0.15, -0.1) is 0 Å². The number of fused-ring (bicyclic) bond motifs is 1. The van der Waals surface area contributed by atoms with Crippen molar-refractivity contribution in [2.24, 2.45) is 0 Å². The first-order chi connectivity index (χ1) is 9.74. The van der Waals surface area contributed by atoms with Crippen molar-refractivity contribution in [2.75, 3.05) is 0 Å². The molecule has 0 spiro atoms. The first-order valence-electron chi connectivity index (χ1n) is 6.35. The summed E-state index contributed by atoms with van der Waals surface area (Å²) in [5, 5.41) is 0.922. The fourth-order valence-electron chi connectivity index (χ4n) is 2.23. The van der Waals surface area contributed by atoms with Gasteiger partial charge in [0, 0.05) is 27.1 Å². The molecule has 0 saturated heterocycles. The van der Waals surface area contributed by atoms with Crippen LogP contribution in [0.5, 0.6) is 0 Å². The summed E-state index contributed by atoms with van der Waals surface area (Å²) >= 11 is 2.26. The lowest BCUT2D eigenvalue weighted by Gasteiger charge is -2.05. The number of ketones is 1. The van der Waals surface area contributed by atoms with Gasteiger partial charge in [0.1, 0.15) is 0 Å². The molecular weight excluding hydrogens is 361 g/mol. The maximum absolute atomic E-state index is 12.5. The Kier molecular flexibility index (Phi) is 3.78. The number of nitrogens with zero attached hydrogens (tertiary/aromatic N) is 1. The van der Waals surface area contributed by atoms with E-state index in [1.54, 1.807) is 6.20 Å². The number of Topliss-reactive ketones (excluding diaryl/α,β-unsaturated/α-hetero) is 1. The van der Waals surface area contributed by atoms with Crippen LogP contribution in [-0.2, 0) is 6.42 Å². The lowest BCUT2D eigenvalue weighted by Crippen LogP contribution is -2.04. The monoisotopic (exact) mass is 373 g/mol. The molecule has 0 aliphatic carbocycles. The van der Waals surface area contributed by atoms with Gasteiger partial charge in [0.05, 0.1) is 5.52 Å². The van der Waals surface area contributed by atoms with Crippen molar-refractivity contribution in [3.63, 3.8) is 0 Å². The van der Waals surface area contributed by atoms with Gasteiger partial charge in [-0.1, -0.05) is 30.3 Å². The van der Waals surface area contributed by atoms with Crippen molar-refractivity contribution >= 4 is 39.3 Å². The van der Waals surface area contributed by atoms with Gasteiger partial charge in [0.25, 0.3) is 0 Å². The summed E-state index contributed by atoms with van der Waals surface area (Å²) in [6, 6.07) is 17.5. The molecule has 0 atom stereocenters. The molecule has 98 valence electrons. The number of hydrogen-bond acceptors (Lipinski definition) is 2. The van der Waals surface area contributed by atoms with Crippen molar-refractivity contribution in [1.82, 2.24) is 4.98 Å². The molecule has 0 amide bonds. The predicted octanol–water partition coefficient (Wildman–Crippen LogP) is 4.26. The van der Waals surface area contributed by atoms with Crippen LogP contribution in [0.1, 0.15) is 15.9 Å². The molecule has 1 aromatic heterocycles. The Morgan fingerprint density at radius 1 is 1.00 bits per heavy atom. The molecule has 3 heteroatoms. The highest BCUT2D eigenvalue weighted by Gasteiger charge is 2.10. The third-order valence-corrected chi connectivity index (χ3v) is 3.94. The number of aromatic nitrogens is 1. The van der Waals surface area contributed by atoms with E-state index in [1.165, 1.54) is 3.57 Å². The Hall–Kier alpha value is -1.75. The molecule has 0 aliphatic rings. The Bertz CT molecular complexity index is 760. The standard InChI is InChI=1S/C17H12INO/c18-13-8-6-12(7-9-13)11-17(20)15-3-1-5-16-14(15)4-2-10-19-16/h1-10H,11H2. The summed E-state index contributed by atoms with van der Waals surface area (Å²) in [5.41, 5.74) is 2.64. The van der Waals surface area contributed by atoms with E-state index in [0.717, 1.165) is 22.0 Å². The average Bonchev–Trinajstić information content (AvgIpc) is 2.49. The van der Waals surface area contributed by atoms with Crippen LogP contribution < -0.4 is 0 Å². The van der Waals surface area contributed by atoms with Gasteiger partial charge < -0.3 is 0 Å². The molecule has 3 rings (SSSR count). The Balaban J connectivity index is 1.94. The van der Waals surface area contributed by atoms with Gasteiger partial charge in [-0.25, -0.2) is 0 Å². The highest BCUT2D eigenvalue weighted by molar-refractivity contribution is 14.1. The molecule has 0 fully saturated rings. The summed E-state index contributed by atoms with van der Waals surface area (Å²) in [4.78, 5) is 16.8. The second-order valence-electron chi connectivity index (χ2n) is 4.60. The zero-order chi connectivity index (χ0) is 13.9. The van der Waals surface area contributed by atoms with Crippen molar-refractivity contribution in [1.29, 1.82) is 0 Å². The highest BCUT2D eigenvalue weighted by atomic mass is 127. The van der Waals surface area contributed by atoms with E-state index in [2.05, 4.69) is 27.6 Å². The summed E-state index contributed by atoms with van der Waals surface area (Å²) in [6.45, 7) is 0. The number of carbonyl (C=O) groups excluding carboxylic acids is 1. The molecule has 20 heavy (non-hydrogen) atoms. The largest absolute Gasteiger partial charge is 0.294 e. The second kappa shape index (κ2) is 5.71. The van der Waals surface area contributed by atoms with E-state index in [-0.39, 0.29) is 5.78 Å². The number of rotatable bonds is 3. The zero-order valence-electron chi connectivity index (χ0n) is 10.7. The van der Waals surface area contributed by atoms with Gasteiger partial charge >= 0.3 is 0 Å². The number of benzene rings is 2. The van der Waals surface area contributed by atoms with Crippen LogP contribution in [0.4, 0.5) is 0 Å². The van der Waals surface area contributed by atoms with Gasteiger partial charge in [0.2, 0.25) is 0 Å². The Morgan fingerprint density at radius 3 is 2.60 bits per heavy atom. The van der Waals surface area contributed by atoms with Gasteiger partial charge in [-0.05, 0) is 52.4 Å². The lowest BCUT2D eigenvalue weighted by molar-refractivity contribution is 0.0994. The summed E-state index contributed by atoms with van der Waals surface area (Å²) in [6.07, 6.45) is 2.17. The van der Waals surface area contributed by atoms with Gasteiger partial charge in [-0.3, -0.25) is 9.78 Å². The van der Waals surface area contributed by atoms with Crippen molar-refractivity contribution in [3.8, 4) is 0 Å². The predicted molar refractivity (Wildman–Crippen MR) is 88.9 cm³/mol. The molecule has 2 nitrogen and oxygen atoms in total. The van der Waals surface area contributed by atoms with Crippen LogP contribution in [0.3, 0.4) is 0 Å². The molecule has 3 aromatic rings. The molecule has 2 aromatic carbocycles. The minimum Gasteiger partial charge on any atom is -0.294 e. The van der Waals surface area contributed by atoms with Crippen LogP contribution in [0.25, 0.3) is 10.9 Å². The molecule has 0 aliphatic heterocycles. The summed E-state index contributed by atoms with van der Waals surface area (Å²) < 4.78 is 1.17. The molecule has 0 bridgehead atoms. The third-order valence-electron chi connectivity index (χ3n) is 3.22. The lowest BCUT2D eigenvalue weighted by atomic mass is 9.99. The SMILES string of the molecule is O=C(Cc1ccc(I)cc1)c1cccc2ncccc12. The number of hydrogen-bond donors (Lipinski definition) is 0. The van der Waals surface area contributed by atoms with Crippen molar-refractivity contribution in [2.45, 2.75) is 6.42 Å². The van der Waals surface area contributed by atoms with Crippen molar-refractivity contribution < 1.29 is 4.79 Å². The van der Waals surface area contributed by atoms with E-state index >= 15 is 0 Å². The molecule has 1 heterocycles. The average molecular weight is 373 g/mol. The van der Waals surface area contributed by atoms with Gasteiger partial charge in [0.15, 0.2) is 5.78 Å². The first kappa shape index (κ1) is 13.2. The number of halogens is 1. The maximum atomic E-state index is 12.5. The van der Waals surface area contributed by atoms with Crippen LogP contribution in [-0.4, -0.2) is 10.8 Å². The van der Waals surface area contributed by atoms with E-state index in [1.807, 2.05) is 54.6 Å². The third kappa shape index (κ3) is 2.72. The smallest absolute Gasteiger partial charge is 0.167 e. The van der Waals surface area contributed by atoms with E-state index in [4.69, 9.17) is 0 Å². The van der Waals surface area contributed by atoms with Crippen LogP contribution >= 0.6 is 22.6 Å². The van der Waals surface area contributed by atoms with E-state index in [9.17, 15) is 4.79 Å². The van der Waals surface area contributed by atoms with E-state index in [0.29, 0.717) is 6.42 Å². The molecule has 0 radical (unpaired) electrons. The number of pyridine rings is 1. The van der Waals surface area contributed by atoms with Crippen LogP contribution in [0.2, 0.25) is 0 Å². The minimum absolute atomic E-state index is 0.129. The molecule has 0 N–H and O–H groups in total. The normalized spacial score (nSPS) is 10.7. The summed E-state index contributed by atoms with van der Waals surface area (Å²) in [5.74, 6) is 0.129. The van der Waals surface area contributed by atoms with Crippen LogP contribution in [0.15, 0.2) is 60.8 Å². The summed E-state index contributed by atoms with van der Waals surface area (Å²) in [7, 11) is 0. The maximum Gasteiger partial charge on any atom is 0.167 e. The fraction of sp³-hybridized carbons (Fsp3) is 0.0588. The number of carbonyl (C=O) groups is 1. The second-order valence-corrected chi connectivity index (χ2v) is 5.85. The molecule has 0 unspecified atom stereocenters.